The van der Waals surface area contributed by atoms with Crippen LogP contribution in [0.15, 0.2) is 47.3 Å². The van der Waals surface area contributed by atoms with Crippen molar-refractivity contribution in [2.75, 3.05) is 6.54 Å². The van der Waals surface area contributed by atoms with Crippen molar-refractivity contribution in [3.05, 3.63) is 69.6 Å². The molecule has 3 nitrogen and oxygen atoms in total. The first-order chi connectivity index (χ1) is 9.79. The predicted octanol–water partition coefficient (Wildman–Crippen LogP) is 2.08. The zero-order valence-corrected chi connectivity index (χ0v) is 11.6. The molecule has 3 heteroatoms. The Morgan fingerprint density at radius 2 is 1.90 bits per heavy atom. The van der Waals surface area contributed by atoms with E-state index in [0.717, 1.165) is 19.3 Å². The van der Waals surface area contributed by atoms with E-state index in [0.29, 0.717) is 13.1 Å². The van der Waals surface area contributed by atoms with Gasteiger partial charge in [-0.2, -0.15) is 0 Å². The fourth-order valence-electron chi connectivity index (χ4n) is 3.10. The summed E-state index contributed by atoms with van der Waals surface area (Å²) in [5.74, 6) is 0.195. The minimum Gasteiger partial charge on any atom is -0.330 e. The SMILES string of the molecule is NCC(Cn1c2c(ccc1=O)CCC2)c1ccccc1. The maximum Gasteiger partial charge on any atom is 0.250 e. The van der Waals surface area contributed by atoms with Crippen molar-refractivity contribution < 1.29 is 0 Å². The molecule has 20 heavy (non-hydrogen) atoms. The fourth-order valence-corrected chi connectivity index (χ4v) is 3.10. The minimum absolute atomic E-state index is 0.0973. The van der Waals surface area contributed by atoms with Gasteiger partial charge in [0.1, 0.15) is 0 Å². The van der Waals surface area contributed by atoms with Gasteiger partial charge in [-0.25, -0.2) is 0 Å². The van der Waals surface area contributed by atoms with Gasteiger partial charge in [-0.05, 0) is 30.4 Å². The molecule has 104 valence electrons. The molecule has 0 saturated carbocycles. The number of fused-ring (bicyclic) bond motifs is 1. The monoisotopic (exact) mass is 268 g/mol. The molecule has 1 heterocycles. The molecule has 1 aromatic carbocycles. The van der Waals surface area contributed by atoms with Gasteiger partial charge in [0.05, 0.1) is 0 Å². The van der Waals surface area contributed by atoms with Gasteiger partial charge in [0, 0.05) is 30.8 Å². The highest BCUT2D eigenvalue weighted by molar-refractivity contribution is 5.27. The van der Waals surface area contributed by atoms with Crippen LogP contribution in [0, 0.1) is 0 Å². The lowest BCUT2D eigenvalue weighted by Crippen LogP contribution is -2.28. The van der Waals surface area contributed by atoms with E-state index in [9.17, 15) is 4.79 Å². The second-order valence-corrected chi connectivity index (χ2v) is 5.45. The van der Waals surface area contributed by atoms with Crippen LogP contribution in [-0.4, -0.2) is 11.1 Å². The molecule has 2 aromatic rings. The van der Waals surface area contributed by atoms with Gasteiger partial charge in [-0.15, -0.1) is 0 Å². The lowest BCUT2D eigenvalue weighted by molar-refractivity contribution is 0.537. The fraction of sp³-hybridized carbons (Fsp3) is 0.353. The molecular weight excluding hydrogens is 248 g/mol. The van der Waals surface area contributed by atoms with Gasteiger partial charge in [0.25, 0.3) is 5.56 Å². The maximum absolute atomic E-state index is 12.2. The highest BCUT2D eigenvalue weighted by atomic mass is 16.1. The van der Waals surface area contributed by atoms with Crippen molar-refractivity contribution in [2.24, 2.45) is 5.73 Å². The molecule has 3 rings (SSSR count). The molecule has 0 bridgehead atoms. The normalized spacial score (nSPS) is 15.1. The molecule has 0 saturated heterocycles. The third kappa shape index (κ3) is 2.41. The second kappa shape index (κ2) is 5.63. The zero-order chi connectivity index (χ0) is 13.9. The number of nitrogens with two attached hydrogens (primary N) is 1. The summed E-state index contributed by atoms with van der Waals surface area (Å²) in [7, 11) is 0. The summed E-state index contributed by atoms with van der Waals surface area (Å²) in [6.45, 7) is 1.24. The molecule has 0 amide bonds. The first kappa shape index (κ1) is 13.1. The predicted molar refractivity (Wildman–Crippen MR) is 81.0 cm³/mol. The average molecular weight is 268 g/mol. The van der Waals surface area contributed by atoms with Crippen molar-refractivity contribution in [3.8, 4) is 0 Å². The molecule has 1 aliphatic carbocycles. The Labute approximate surface area is 119 Å². The third-order valence-corrected chi connectivity index (χ3v) is 4.21. The minimum atomic E-state index is 0.0973. The van der Waals surface area contributed by atoms with Gasteiger partial charge in [0.15, 0.2) is 0 Å². The van der Waals surface area contributed by atoms with Crippen LogP contribution in [0.5, 0.6) is 0 Å². The molecule has 0 aliphatic heterocycles. The van der Waals surface area contributed by atoms with E-state index < -0.39 is 0 Å². The van der Waals surface area contributed by atoms with Gasteiger partial charge < -0.3 is 10.3 Å². The Morgan fingerprint density at radius 3 is 2.65 bits per heavy atom. The van der Waals surface area contributed by atoms with Crippen LogP contribution in [0.25, 0.3) is 0 Å². The highest BCUT2D eigenvalue weighted by Gasteiger charge is 2.18. The van der Waals surface area contributed by atoms with Crippen molar-refractivity contribution in [1.82, 2.24) is 4.57 Å². The summed E-state index contributed by atoms with van der Waals surface area (Å²) in [6, 6.07) is 13.9. The summed E-state index contributed by atoms with van der Waals surface area (Å²) in [5, 5.41) is 0. The number of aryl methyl sites for hydroxylation is 1. The van der Waals surface area contributed by atoms with Crippen LogP contribution < -0.4 is 11.3 Å². The lowest BCUT2D eigenvalue weighted by atomic mass is 9.99. The molecule has 2 N–H and O–H groups in total. The Balaban J connectivity index is 1.95. The first-order valence-electron chi connectivity index (χ1n) is 7.26. The van der Waals surface area contributed by atoms with E-state index in [1.807, 2.05) is 28.8 Å². The van der Waals surface area contributed by atoms with E-state index in [4.69, 9.17) is 5.73 Å². The molecule has 0 fully saturated rings. The Kier molecular flexibility index (Phi) is 3.70. The smallest absolute Gasteiger partial charge is 0.250 e. The van der Waals surface area contributed by atoms with Gasteiger partial charge in [0.2, 0.25) is 0 Å². The average Bonchev–Trinajstić information content (AvgIpc) is 2.96. The van der Waals surface area contributed by atoms with Gasteiger partial charge in [-0.3, -0.25) is 4.79 Å². The van der Waals surface area contributed by atoms with Crippen molar-refractivity contribution in [3.63, 3.8) is 0 Å². The summed E-state index contributed by atoms with van der Waals surface area (Å²) in [4.78, 5) is 12.2. The van der Waals surface area contributed by atoms with E-state index in [1.54, 1.807) is 6.07 Å². The third-order valence-electron chi connectivity index (χ3n) is 4.21. The molecular formula is C17H20N2O. The number of pyridine rings is 1. The van der Waals surface area contributed by atoms with E-state index >= 15 is 0 Å². The molecule has 1 aromatic heterocycles. The summed E-state index contributed by atoms with van der Waals surface area (Å²) < 4.78 is 1.94. The van der Waals surface area contributed by atoms with Gasteiger partial charge >= 0.3 is 0 Å². The number of aromatic nitrogens is 1. The van der Waals surface area contributed by atoms with Gasteiger partial charge in [-0.1, -0.05) is 36.4 Å². The van der Waals surface area contributed by atoms with Crippen LogP contribution in [0.2, 0.25) is 0 Å². The van der Waals surface area contributed by atoms with Crippen molar-refractivity contribution in [2.45, 2.75) is 31.7 Å². The van der Waals surface area contributed by atoms with Crippen molar-refractivity contribution in [1.29, 1.82) is 0 Å². The van der Waals surface area contributed by atoms with Crippen LogP contribution in [0.3, 0.4) is 0 Å². The molecule has 1 aliphatic rings. The summed E-state index contributed by atoms with van der Waals surface area (Å²) >= 11 is 0. The highest BCUT2D eigenvalue weighted by Crippen LogP contribution is 2.23. The first-order valence-corrected chi connectivity index (χ1v) is 7.26. The number of hydrogen-bond acceptors (Lipinski definition) is 2. The largest absolute Gasteiger partial charge is 0.330 e. The Hall–Kier alpha value is -1.87. The molecule has 0 spiro atoms. The standard InChI is InChI=1S/C17H20N2O/c18-11-15(13-5-2-1-3-6-13)12-19-16-8-4-7-14(16)9-10-17(19)20/h1-3,5-6,9-10,15H,4,7-8,11-12,18H2. The number of hydrogen-bond donors (Lipinski definition) is 1. The Morgan fingerprint density at radius 1 is 1.10 bits per heavy atom. The number of nitrogens with zero attached hydrogens (tertiary/aromatic N) is 1. The summed E-state index contributed by atoms with van der Waals surface area (Å²) in [5.41, 5.74) is 9.78. The number of rotatable bonds is 4. The van der Waals surface area contributed by atoms with Crippen molar-refractivity contribution >= 4 is 0 Å². The summed E-state index contributed by atoms with van der Waals surface area (Å²) in [6.07, 6.45) is 3.25. The second-order valence-electron chi connectivity index (χ2n) is 5.45. The molecule has 1 unspecified atom stereocenters. The van der Waals surface area contributed by atoms with Crippen LogP contribution >= 0.6 is 0 Å². The maximum atomic E-state index is 12.2. The lowest BCUT2D eigenvalue weighted by Gasteiger charge is -2.19. The van der Waals surface area contributed by atoms with Crippen LogP contribution in [-0.2, 0) is 19.4 Å². The van der Waals surface area contributed by atoms with Crippen LogP contribution in [0.1, 0.15) is 29.2 Å². The zero-order valence-electron chi connectivity index (χ0n) is 11.6. The Bertz CT molecular complexity index is 646. The topological polar surface area (TPSA) is 48.0 Å². The number of benzene rings is 1. The van der Waals surface area contributed by atoms with E-state index in [2.05, 4.69) is 12.1 Å². The molecule has 1 atom stereocenters. The van der Waals surface area contributed by atoms with Crippen LogP contribution in [0.4, 0.5) is 0 Å². The quantitative estimate of drug-likeness (QED) is 0.923. The molecule has 0 radical (unpaired) electrons. The van der Waals surface area contributed by atoms with E-state index in [1.165, 1.54) is 16.8 Å². The van der Waals surface area contributed by atoms with E-state index in [-0.39, 0.29) is 11.5 Å².